The predicted molar refractivity (Wildman–Crippen MR) is 62.8 cm³/mol. The molecular formula is C10H11BrClNO2. The average Bonchev–Trinajstić information content (AvgIpc) is 2.14. The second-order valence-electron chi connectivity index (χ2n) is 3.11. The lowest BCUT2D eigenvalue weighted by molar-refractivity contribution is -0.142. The summed E-state index contributed by atoms with van der Waals surface area (Å²) >= 11 is 9.18. The summed E-state index contributed by atoms with van der Waals surface area (Å²) in [4.78, 5) is 11.1. The number of benzene rings is 1. The van der Waals surface area contributed by atoms with Gasteiger partial charge in [-0.15, -0.1) is 0 Å². The summed E-state index contributed by atoms with van der Waals surface area (Å²) in [5.74, 6) is -0.425. The third-order valence-electron chi connectivity index (χ3n) is 1.88. The van der Waals surface area contributed by atoms with Gasteiger partial charge < -0.3 is 10.5 Å². The van der Waals surface area contributed by atoms with E-state index in [1.54, 1.807) is 12.1 Å². The van der Waals surface area contributed by atoms with Crippen molar-refractivity contribution in [3.63, 3.8) is 0 Å². The van der Waals surface area contributed by atoms with Crippen LogP contribution in [0.3, 0.4) is 0 Å². The largest absolute Gasteiger partial charge is 0.468 e. The summed E-state index contributed by atoms with van der Waals surface area (Å²) in [6.45, 7) is 0. The fourth-order valence-electron chi connectivity index (χ4n) is 1.22. The van der Waals surface area contributed by atoms with E-state index >= 15 is 0 Å². The Bertz CT molecular complexity index is 350. The van der Waals surface area contributed by atoms with Crippen molar-refractivity contribution in [3.8, 4) is 0 Å². The van der Waals surface area contributed by atoms with Crippen molar-refractivity contribution in [2.45, 2.75) is 12.5 Å². The molecule has 0 aromatic heterocycles. The summed E-state index contributed by atoms with van der Waals surface area (Å²) < 4.78 is 5.40. The number of hydrogen-bond donors (Lipinski definition) is 1. The van der Waals surface area contributed by atoms with Crippen LogP contribution in [0.4, 0.5) is 0 Å². The summed E-state index contributed by atoms with van der Waals surface area (Å²) in [5.41, 5.74) is 6.52. The second-order valence-corrected chi connectivity index (χ2v) is 4.46. The first-order valence-corrected chi connectivity index (χ1v) is 5.48. The summed E-state index contributed by atoms with van der Waals surface area (Å²) in [5, 5.41) is 0.608. The van der Waals surface area contributed by atoms with Crippen LogP contribution in [0, 0.1) is 0 Å². The average molecular weight is 293 g/mol. The van der Waals surface area contributed by atoms with Crippen molar-refractivity contribution in [2.75, 3.05) is 7.11 Å². The van der Waals surface area contributed by atoms with Crippen LogP contribution in [-0.2, 0) is 16.0 Å². The molecule has 0 heterocycles. The molecule has 1 aromatic rings. The van der Waals surface area contributed by atoms with E-state index in [4.69, 9.17) is 17.3 Å². The highest BCUT2D eigenvalue weighted by Gasteiger charge is 2.14. The third kappa shape index (κ3) is 3.81. The standard InChI is InChI=1S/C10H11BrClNO2/c1-15-10(14)9(13)4-6-2-7(11)5-8(12)3-6/h2-3,5,9H,4,13H2,1H3. The van der Waals surface area contributed by atoms with Gasteiger partial charge in [-0.05, 0) is 30.2 Å². The highest BCUT2D eigenvalue weighted by atomic mass is 79.9. The Kier molecular flexibility index (Phi) is 4.57. The molecule has 5 heteroatoms. The minimum atomic E-state index is -0.652. The van der Waals surface area contributed by atoms with Crippen molar-refractivity contribution in [1.29, 1.82) is 0 Å². The molecule has 15 heavy (non-hydrogen) atoms. The van der Waals surface area contributed by atoms with E-state index in [0.717, 1.165) is 10.0 Å². The maximum Gasteiger partial charge on any atom is 0.322 e. The summed E-state index contributed by atoms with van der Waals surface area (Å²) in [6, 6.07) is 4.76. The van der Waals surface area contributed by atoms with Crippen molar-refractivity contribution in [1.82, 2.24) is 0 Å². The van der Waals surface area contributed by atoms with Crippen molar-refractivity contribution < 1.29 is 9.53 Å². The number of ether oxygens (including phenoxy) is 1. The zero-order valence-electron chi connectivity index (χ0n) is 8.17. The minimum Gasteiger partial charge on any atom is -0.468 e. The number of carbonyl (C=O) groups excluding carboxylic acids is 1. The topological polar surface area (TPSA) is 52.3 Å². The molecule has 1 aromatic carbocycles. The number of hydrogen-bond acceptors (Lipinski definition) is 3. The fraction of sp³-hybridized carbons (Fsp3) is 0.300. The van der Waals surface area contributed by atoms with Crippen LogP contribution < -0.4 is 5.73 Å². The highest BCUT2D eigenvalue weighted by molar-refractivity contribution is 9.10. The Labute approximate surface area is 102 Å². The maximum atomic E-state index is 11.1. The van der Waals surface area contributed by atoms with Gasteiger partial charge in [-0.2, -0.15) is 0 Å². The molecular weight excluding hydrogens is 281 g/mol. The van der Waals surface area contributed by atoms with Crippen molar-refractivity contribution in [2.24, 2.45) is 5.73 Å². The van der Waals surface area contributed by atoms with Crippen LogP contribution in [0.5, 0.6) is 0 Å². The molecule has 0 fully saturated rings. The molecule has 2 N–H and O–H groups in total. The molecule has 0 saturated carbocycles. The van der Waals surface area contributed by atoms with Crippen LogP contribution in [0.2, 0.25) is 5.02 Å². The molecule has 0 spiro atoms. The molecule has 0 radical (unpaired) electrons. The van der Waals surface area contributed by atoms with Gasteiger partial charge in [0, 0.05) is 9.50 Å². The Morgan fingerprint density at radius 3 is 2.80 bits per heavy atom. The fourth-order valence-corrected chi connectivity index (χ4v) is 2.15. The molecule has 1 atom stereocenters. The summed E-state index contributed by atoms with van der Waals surface area (Å²) in [6.07, 6.45) is 0.409. The van der Waals surface area contributed by atoms with E-state index in [1.807, 2.05) is 6.07 Å². The van der Waals surface area contributed by atoms with E-state index in [2.05, 4.69) is 20.7 Å². The monoisotopic (exact) mass is 291 g/mol. The summed E-state index contributed by atoms with van der Waals surface area (Å²) in [7, 11) is 1.32. The van der Waals surface area contributed by atoms with Gasteiger partial charge in [0.05, 0.1) is 7.11 Å². The Morgan fingerprint density at radius 2 is 2.27 bits per heavy atom. The molecule has 0 aliphatic heterocycles. The van der Waals surface area contributed by atoms with Gasteiger partial charge in [-0.1, -0.05) is 27.5 Å². The van der Waals surface area contributed by atoms with Crippen LogP contribution >= 0.6 is 27.5 Å². The molecule has 3 nitrogen and oxygen atoms in total. The lowest BCUT2D eigenvalue weighted by Gasteiger charge is -2.09. The van der Waals surface area contributed by atoms with Crippen LogP contribution in [-0.4, -0.2) is 19.1 Å². The first-order valence-electron chi connectivity index (χ1n) is 4.31. The smallest absolute Gasteiger partial charge is 0.322 e. The Balaban J connectivity index is 2.76. The molecule has 0 aliphatic carbocycles. The van der Waals surface area contributed by atoms with E-state index in [9.17, 15) is 4.79 Å². The van der Waals surface area contributed by atoms with E-state index < -0.39 is 12.0 Å². The number of rotatable bonds is 3. The first kappa shape index (κ1) is 12.5. The number of esters is 1. The SMILES string of the molecule is COC(=O)C(N)Cc1cc(Cl)cc(Br)c1. The molecule has 0 amide bonds. The quantitative estimate of drug-likeness (QED) is 0.869. The molecule has 0 saturated heterocycles. The lowest BCUT2D eigenvalue weighted by atomic mass is 10.1. The highest BCUT2D eigenvalue weighted by Crippen LogP contribution is 2.20. The molecule has 1 rings (SSSR count). The van der Waals surface area contributed by atoms with Gasteiger partial charge in [-0.3, -0.25) is 4.79 Å². The van der Waals surface area contributed by atoms with Crippen LogP contribution in [0.1, 0.15) is 5.56 Å². The maximum absolute atomic E-state index is 11.1. The zero-order chi connectivity index (χ0) is 11.4. The van der Waals surface area contributed by atoms with Crippen LogP contribution in [0.15, 0.2) is 22.7 Å². The first-order chi connectivity index (χ1) is 7.02. The number of carbonyl (C=O) groups is 1. The Hall–Kier alpha value is -0.580. The molecule has 1 unspecified atom stereocenters. The van der Waals surface area contributed by atoms with E-state index in [1.165, 1.54) is 7.11 Å². The zero-order valence-corrected chi connectivity index (χ0v) is 10.5. The van der Waals surface area contributed by atoms with E-state index in [0.29, 0.717) is 11.4 Å². The van der Waals surface area contributed by atoms with Gasteiger partial charge in [0.15, 0.2) is 0 Å². The van der Waals surface area contributed by atoms with Gasteiger partial charge >= 0.3 is 5.97 Å². The predicted octanol–water partition coefficient (Wildman–Crippen LogP) is 2.15. The second kappa shape index (κ2) is 5.49. The molecule has 0 bridgehead atoms. The van der Waals surface area contributed by atoms with Gasteiger partial charge in [0.2, 0.25) is 0 Å². The third-order valence-corrected chi connectivity index (χ3v) is 2.56. The molecule has 0 aliphatic rings. The van der Waals surface area contributed by atoms with Gasteiger partial charge in [0.1, 0.15) is 6.04 Å². The van der Waals surface area contributed by atoms with E-state index in [-0.39, 0.29) is 0 Å². The normalized spacial score (nSPS) is 12.3. The van der Waals surface area contributed by atoms with Gasteiger partial charge in [0.25, 0.3) is 0 Å². The number of nitrogens with two attached hydrogens (primary N) is 1. The number of halogens is 2. The molecule has 82 valence electrons. The van der Waals surface area contributed by atoms with Crippen molar-refractivity contribution >= 4 is 33.5 Å². The van der Waals surface area contributed by atoms with Gasteiger partial charge in [-0.25, -0.2) is 0 Å². The minimum absolute atomic E-state index is 0.409. The number of methoxy groups -OCH3 is 1. The lowest BCUT2D eigenvalue weighted by Crippen LogP contribution is -2.33. The van der Waals surface area contributed by atoms with Crippen molar-refractivity contribution in [3.05, 3.63) is 33.3 Å². The van der Waals surface area contributed by atoms with Crippen LogP contribution in [0.25, 0.3) is 0 Å². The Morgan fingerprint density at radius 1 is 1.60 bits per heavy atom.